The van der Waals surface area contributed by atoms with E-state index in [2.05, 4.69) is 95.3 Å². The van der Waals surface area contributed by atoms with Gasteiger partial charge in [0.25, 0.3) is 22.2 Å². The molecule has 0 N–H and O–H groups in total. The van der Waals surface area contributed by atoms with E-state index >= 15 is 0 Å². The number of fused-ring (bicyclic) bond motifs is 7. The van der Waals surface area contributed by atoms with Gasteiger partial charge in [-0.15, -0.1) is 0 Å². The molecule has 2 bridgehead atoms. The lowest BCUT2D eigenvalue weighted by Crippen LogP contribution is -2.55. The van der Waals surface area contributed by atoms with Crippen LogP contribution in [0.15, 0.2) is 122 Å². The van der Waals surface area contributed by atoms with E-state index in [0.717, 1.165) is 65.4 Å². The zero-order valence-electron chi connectivity index (χ0n) is 39.4. The van der Waals surface area contributed by atoms with Crippen molar-refractivity contribution in [1.82, 2.24) is 9.13 Å². The molecular formula is C58H46N2O8. The number of hydrogen-bond donors (Lipinski definition) is 0. The molecule has 2 unspecified atom stereocenters. The molecule has 4 aromatic heterocycles. The summed E-state index contributed by atoms with van der Waals surface area (Å²) in [5.74, 6) is -0.0345. The van der Waals surface area contributed by atoms with Crippen molar-refractivity contribution in [3.8, 4) is 5.69 Å². The molecule has 11 aromatic rings. The van der Waals surface area contributed by atoms with E-state index in [1.54, 1.807) is 24.3 Å². The lowest BCUT2D eigenvalue weighted by molar-refractivity contribution is 0.325. The summed E-state index contributed by atoms with van der Waals surface area (Å²) >= 11 is 0. The van der Waals surface area contributed by atoms with E-state index < -0.39 is 21.9 Å². The number of benzene rings is 7. The highest BCUT2D eigenvalue weighted by Gasteiger charge is 2.61. The minimum atomic E-state index is -0.748. The lowest BCUT2D eigenvalue weighted by atomic mass is 9.42. The normalized spacial score (nSPS) is 17.6. The predicted molar refractivity (Wildman–Crippen MR) is 267 cm³/mol. The highest BCUT2D eigenvalue weighted by atomic mass is 16.4. The first kappa shape index (κ1) is 40.5. The Bertz CT molecular complexity index is 4180. The molecular weight excluding hydrogens is 853 g/mol. The molecule has 10 nitrogen and oxygen atoms in total. The van der Waals surface area contributed by atoms with Crippen molar-refractivity contribution >= 4 is 77.0 Å². The highest BCUT2D eigenvalue weighted by molar-refractivity contribution is 5.98. The third kappa shape index (κ3) is 4.63. The Labute approximate surface area is 387 Å². The Hall–Kier alpha value is -7.72. The number of rotatable bonds is 3. The van der Waals surface area contributed by atoms with Crippen LogP contribution in [0.2, 0.25) is 0 Å². The maximum Gasteiger partial charge on any atom is 0.266 e. The summed E-state index contributed by atoms with van der Waals surface area (Å²) in [5, 5.41) is 3.34. The molecule has 14 rings (SSSR count). The van der Waals surface area contributed by atoms with E-state index in [1.165, 1.54) is 22.7 Å². The third-order valence-corrected chi connectivity index (χ3v) is 16.5. The van der Waals surface area contributed by atoms with Gasteiger partial charge in [-0.05, 0) is 179 Å². The van der Waals surface area contributed by atoms with Crippen LogP contribution in [0.25, 0.3) is 82.7 Å². The topological polar surface area (TPSA) is 131 Å². The maximum absolute atomic E-state index is 14.4. The molecule has 3 aliphatic rings. The van der Waals surface area contributed by atoms with Crippen molar-refractivity contribution in [3.05, 3.63) is 188 Å². The van der Waals surface area contributed by atoms with Crippen molar-refractivity contribution in [1.29, 1.82) is 0 Å². The Morgan fingerprint density at radius 3 is 1.00 bits per heavy atom. The molecule has 4 heterocycles. The van der Waals surface area contributed by atoms with Crippen molar-refractivity contribution in [2.75, 3.05) is 0 Å². The first-order chi connectivity index (χ1) is 32.5. The summed E-state index contributed by atoms with van der Waals surface area (Å²) in [4.78, 5) is 55.0. The second kappa shape index (κ2) is 13.0. The molecule has 0 spiro atoms. The summed E-state index contributed by atoms with van der Waals surface area (Å²) < 4.78 is 29.5. The first-order valence-electron chi connectivity index (χ1n) is 23.3. The van der Waals surface area contributed by atoms with E-state index in [-0.39, 0.29) is 44.5 Å². The van der Waals surface area contributed by atoms with Gasteiger partial charge in [0, 0.05) is 17.9 Å². The lowest BCUT2D eigenvalue weighted by Gasteiger charge is -2.59. The quantitative estimate of drug-likeness (QED) is 0.160. The van der Waals surface area contributed by atoms with Gasteiger partial charge < -0.3 is 17.7 Å². The van der Waals surface area contributed by atoms with Crippen LogP contribution >= 0.6 is 0 Å². The SMILES string of the molecule is Cc1c(C)c(C)c(-n2c(=O)c3cc4oc5cc6c(cc5oc4cc3c2=O)C2(C(C)C)c3cc4ccccc4cc3C6(C(C)C)c3cc4oc5cc6c(=O)n(C)c(=O)c6cc5oc4cc32)c(C)c1C. The van der Waals surface area contributed by atoms with Crippen LogP contribution in [-0.4, -0.2) is 9.13 Å². The summed E-state index contributed by atoms with van der Waals surface area (Å²) in [6.45, 7) is 19.1. The van der Waals surface area contributed by atoms with Crippen LogP contribution in [0.4, 0.5) is 0 Å². The van der Waals surface area contributed by atoms with Crippen LogP contribution in [0.1, 0.15) is 88.9 Å². The summed E-state index contributed by atoms with van der Waals surface area (Å²) in [6.07, 6.45) is 0. The van der Waals surface area contributed by atoms with Gasteiger partial charge in [0.2, 0.25) is 0 Å². The third-order valence-electron chi connectivity index (χ3n) is 16.5. The highest BCUT2D eigenvalue weighted by Crippen LogP contribution is 2.67. The van der Waals surface area contributed by atoms with E-state index in [1.807, 2.05) is 27.7 Å². The predicted octanol–water partition coefficient (Wildman–Crippen LogP) is 11.9. The van der Waals surface area contributed by atoms with Gasteiger partial charge in [-0.2, -0.15) is 0 Å². The average Bonchev–Trinajstić information content (AvgIpc) is 3.68. The van der Waals surface area contributed by atoms with Gasteiger partial charge in [-0.25, -0.2) is 4.57 Å². The monoisotopic (exact) mass is 898 g/mol. The van der Waals surface area contributed by atoms with Crippen LogP contribution in [0.3, 0.4) is 0 Å². The van der Waals surface area contributed by atoms with E-state index in [0.29, 0.717) is 50.4 Å². The molecule has 0 amide bonds. The van der Waals surface area contributed by atoms with Crippen LogP contribution < -0.4 is 22.2 Å². The Balaban J connectivity index is 1.13. The van der Waals surface area contributed by atoms with E-state index in [9.17, 15) is 19.2 Å². The van der Waals surface area contributed by atoms with Gasteiger partial charge in [-0.1, -0.05) is 52.0 Å². The molecule has 2 atom stereocenters. The summed E-state index contributed by atoms with van der Waals surface area (Å²) in [5.41, 5.74) is 12.7. The fourth-order valence-electron chi connectivity index (χ4n) is 12.8. The fraction of sp³-hybridized carbons (Fsp3) is 0.241. The second-order valence-electron chi connectivity index (χ2n) is 20.0. The smallest absolute Gasteiger partial charge is 0.266 e. The van der Waals surface area contributed by atoms with Gasteiger partial charge >= 0.3 is 0 Å². The minimum Gasteiger partial charge on any atom is -0.449 e. The second-order valence-corrected chi connectivity index (χ2v) is 20.0. The molecule has 0 radical (unpaired) electrons. The van der Waals surface area contributed by atoms with E-state index in [4.69, 9.17) is 17.7 Å². The minimum absolute atomic E-state index is 0.0173. The van der Waals surface area contributed by atoms with Gasteiger partial charge in [-0.3, -0.25) is 23.7 Å². The summed E-state index contributed by atoms with van der Waals surface area (Å²) in [6, 6.07) is 28.2. The van der Waals surface area contributed by atoms with Crippen molar-refractivity contribution in [2.24, 2.45) is 18.9 Å². The molecule has 3 aliphatic carbocycles. The first-order valence-corrected chi connectivity index (χ1v) is 23.3. The van der Waals surface area contributed by atoms with Crippen molar-refractivity contribution in [2.45, 2.75) is 73.1 Å². The Morgan fingerprint density at radius 2 is 0.676 bits per heavy atom. The number of hydrogen-bond acceptors (Lipinski definition) is 8. The molecule has 68 heavy (non-hydrogen) atoms. The van der Waals surface area contributed by atoms with Gasteiger partial charge in [0.05, 0.1) is 27.2 Å². The average molecular weight is 899 g/mol. The zero-order valence-corrected chi connectivity index (χ0v) is 39.4. The molecule has 0 fully saturated rings. The molecule has 0 saturated carbocycles. The Morgan fingerprint density at radius 1 is 0.397 bits per heavy atom. The van der Waals surface area contributed by atoms with Crippen LogP contribution in [0.5, 0.6) is 0 Å². The van der Waals surface area contributed by atoms with Crippen LogP contribution in [0, 0.1) is 46.5 Å². The molecule has 7 aromatic carbocycles. The molecule has 10 heteroatoms. The van der Waals surface area contributed by atoms with Crippen molar-refractivity contribution < 1.29 is 17.7 Å². The maximum atomic E-state index is 14.4. The standard InChI is InChI=1S/C58H46N2O8/c1-25(2)57-38-15-32-13-11-12-14-33(32)16-39(38)58(26(3)4,41-22-49-48(21-40(41)57)65-44-17-34-35(18-45(44)66-49)54(62)59(10)53(34)61)43-24-51-50(23-42(43)57)67-46-19-36-37(20-47(46)68-51)56(64)60(55(36)63)52-30(8)28(6)27(5)29(7)31(52)9/h11-26H,1-10H3. The number of aromatic nitrogens is 2. The Kier molecular flexibility index (Phi) is 7.77. The molecule has 0 aliphatic heterocycles. The summed E-state index contributed by atoms with van der Waals surface area (Å²) in [7, 11) is 1.47. The van der Waals surface area contributed by atoms with Crippen LogP contribution in [-0.2, 0) is 17.9 Å². The zero-order chi connectivity index (χ0) is 47.4. The fourth-order valence-corrected chi connectivity index (χ4v) is 12.8. The molecule has 336 valence electrons. The van der Waals surface area contributed by atoms with Gasteiger partial charge in [0.15, 0.2) is 44.7 Å². The van der Waals surface area contributed by atoms with Crippen molar-refractivity contribution in [3.63, 3.8) is 0 Å². The van der Waals surface area contributed by atoms with Gasteiger partial charge in [0.1, 0.15) is 0 Å². The number of nitrogens with zero attached hydrogens (tertiary/aromatic N) is 2. The largest absolute Gasteiger partial charge is 0.449 e. The molecule has 0 saturated heterocycles.